The highest BCUT2D eigenvalue weighted by Gasteiger charge is 2.09. The van der Waals surface area contributed by atoms with Crippen molar-refractivity contribution in [3.05, 3.63) is 52.3 Å². The predicted molar refractivity (Wildman–Crippen MR) is 101 cm³/mol. The number of aromatic nitrogens is 1. The van der Waals surface area contributed by atoms with Crippen LogP contribution in [0.2, 0.25) is 5.02 Å². The normalized spacial score (nSPS) is 11.3. The van der Waals surface area contributed by atoms with Crippen molar-refractivity contribution in [1.29, 1.82) is 0 Å². The average molecular weight is 362 g/mol. The van der Waals surface area contributed by atoms with Gasteiger partial charge in [-0.15, -0.1) is 0 Å². The topological polar surface area (TPSA) is 55.6 Å². The number of nitrogens with one attached hydrogen (secondary N) is 1. The molecule has 25 heavy (non-hydrogen) atoms. The molecule has 6 heteroatoms. The number of carbonyl (C=O) groups is 1. The quantitative estimate of drug-likeness (QED) is 0.599. The van der Waals surface area contributed by atoms with Crippen molar-refractivity contribution in [3.8, 4) is 5.75 Å². The van der Waals surface area contributed by atoms with Crippen LogP contribution in [0.3, 0.4) is 0 Å². The van der Waals surface area contributed by atoms with Gasteiger partial charge in [-0.3, -0.25) is 4.79 Å². The van der Waals surface area contributed by atoms with E-state index in [4.69, 9.17) is 16.3 Å². The highest BCUT2D eigenvalue weighted by Crippen LogP contribution is 2.16. The van der Waals surface area contributed by atoms with Gasteiger partial charge < -0.3 is 9.30 Å². The lowest BCUT2D eigenvalue weighted by Crippen LogP contribution is -2.24. The zero-order valence-corrected chi connectivity index (χ0v) is 15.8. The van der Waals surface area contributed by atoms with Crippen LogP contribution < -0.4 is 10.2 Å². The Kier molecular flexibility index (Phi) is 6.65. The van der Waals surface area contributed by atoms with Gasteiger partial charge >= 0.3 is 0 Å². The van der Waals surface area contributed by atoms with E-state index >= 15 is 0 Å². The second-order valence-electron chi connectivity index (χ2n) is 6.37. The number of halogens is 1. The Hall–Kier alpha value is -2.27. The number of hydrazone groups is 1. The van der Waals surface area contributed by atoms with E-state index in [1.165, 1.54) is 5.69 Å². The van der Waals surface area contributed by atoms with Crippen LogP contribution in [0, 0.1) is 19.8 Å². The van der Waals surface area contributed by atoms with Crippen molar-refractivity contribution in [2.45, 2.75) is 34.2 Å². The van der Waals surface area contributed by atoms with Gasteiger partial charge in [0.25, 0.3) is 5.91 Å². The maximum atomic E-state index is 11.8. The fraction of sp³-hybridized carbons (Fsp3) is 0.368. The fourth-order valence-corrected chi connectivity index (χ4v) is 2.62. The molecule has 0 aliphatic rings. The summed E-state index contributed by atoms with van der Waals surface area (Å²) in [5.41, 5.74) is 5.80. The molecule has 134 valence electrons. The number of hydrogen-bond acceptors (Lipinski definition) is 3. The maximum absolute atomic E-state index is 11.8. The summed E-state index contributed by atoms with van der Waals surface area (Å²) in [6, 6.07) is 8.91. The second kappa shape index (κ2) is 8.72. The number of amides is 1. The molecular weight excluding hydrogens is 338 g/mol. The molecule has 0 spiro atoms. The van der Waals surface area contributed by atoms with Crippen molar-refractivity contribution in [3.63, 3.8) is 0 Å². The van der Waals surface area contributed by atoms with E-state index in [9.17, 15) is 4.79 Å². The van der Waals surface area contributed by atoms with Crippen LogP contribution in [0.4, 0.5) is 0 Å². The summed E-state index contributed by atoms with van der Waals surface area (Å²) in [4.78, 5) is 11.8. The molecule has 0 radical (unpaired) electrons. The van der Waals surface area contributed by atoms with Gasteiger partial charge in [0.2, 0.25) is 0 Å². The minimum Gasteiger partial charge on any atom is -0.484 e. The van der Waals surface area contributed by atoms with E-state index in [1.807, 2.05) is 0 Å². The highest BCUT2D eigenvalue weighted by molar-refractivity contribution is 6.30. The Morgan fingerprint density at radius 2 is 2.00 bits per heavy atom. The van der Waals surface area contributed by atoms with Gasteiger partial charge in [-0.2, -0.15) is 5.10 Å². The third kappa shape index (κ3) is 5.64. The smallest absolute Gasteiger partial charge is 0.277 e. The Labute approximate surface area is 153 Å². The molecule has 1 amide bonds. The number of nitrogens with zero attached hydrogens (tertiary/aromatic N) is 2. The van der Waals surface area contributed by atoms with Gasteiger partial charge in [0.1, 0.15) is 5.75 Å². The number of ether oxygens (including phenoxy) is 1. The van der Waals surface area contributed by atoms with E-state index in [0.717, 1.165) is 17.8 Å². The Bertz CT molecular complexity index is 749. The third-order valence-electron chi connectivity index (χ3n) is 3.74. The van der Waals surface area contributed by atoms with E-state index in [2.05, 4.69) is 48.9 Å². The molecule has 0 unspecified atom stereocenters. The third-order valence-corrected chi connectivity index (χ3v) is 3.99. The minimum absolute atomic E-state index is 0.106. The molecule has 0 bridgehead atoms. The van der Waals surface area contributed by atoms with Crippen LogP contribution in [0.5, 0.6) is 5.75 Å². The van der Waals surface area contributed by atoms with Gasteiger partial charge in [-0.05, 0) is 50.1 Å². The molecule has 0 saturated carbocycles. The van der Waals surface area contributed by atoms with Crippen molar-refractivity contribution in [2.75, 3.05) is 6.61 Å². The molecule has 1 N–H and O–H groups in total. The largest absolute Gasteiger partial charge is 0.484 e. The second-order valence-corrected chi connectivity index (χ2v) is 6.80. The summed E-state index contributed by atoms with van der Waals surface area (Å²) in [5.74, 6) is 0.835. The lowest BCUT2D eigenvalue weighted by atomic mass is 10.2. The first-order valence-electron chi connectivity index (χ1n) is 8.24. The number of carbonyl (C=O) groups excluding carboxylic acids is 1. The standard InChI is InChI=1S/C19H24ClN3O2/c1-13(2)11-23-14(3)9-16(15(23)4)10-21-22-19(24)12-25-18-7-5-17(20)6-8-18/h5-10,13H,11-12H2,1-4H3,(H,22,24)/b21-10+. The fourth-order valence-electron chi connectivity index (χ4n) is 2.49. The molecule has 0 aliphatic heterocycles. The number of aryl methyl sites for hydroxylation is 1. The molecule has 1 heterocycles. The van der Waals surface area contributed by atoms with Crippen LogP contribution in [0.1, 0.15) is 30.8 Å². The Balaban J connectivity index is 1.88. The molecule has 0 saturated heterocycles. The van der Waals surface area contributed by atoms with Crippen LogP contribution in [0.15, 0.2) is 35.4 Å². The van der Waals surface area contributed by atoms with Crippen LogP contribution in [-0.4, -0.2) is 23.3 Å². The van der Waals surface area contributed by atoms with Crippen LogP contribution >= 0.6 is 11.6 Å². The number of hydrogen-bond donors (Lipinski definition) is 1. The molecule has 1 aromatic heterocycles. The summed E-state index contributed by atoms with van der Waals surface area (Å²) in [5, 5.41) is 4.65. The molecule has 1 aromatic carbocycles. The number of benzene rings is 1. The van der Waals surface area contributed by atoms with Crippen molar-refractivity contribution < 1.29 is 9.53 Å². The average Bonchev–Trinajstić information content (AvgIpc) is 2.81. The van der Waals surface area contributed by atoms with Gasteiger partial charge in [0, 0.05) is 28.5 Å². The van der Waals surface area contributed by atoms with Gasteiger partial charge in [0.05, 0.1) is 6.21 Å². The lowest BCUT2D eigenvalue weighted by Gasteiger charge is -2.11. The lowest BCUT2D eigenvalue weighted by molar-refractivity contribution is -0.123. The maximum Gasteiger partial charge on any atom is 0.277 e. The van der Waals surface area contributed by atoms with Gasteiger partial charge in [-0.1, -0.05) is 25.4 Å². The van der Waals surface area contributed by atoms with Gasteiger partial charge in [-0.25, -0.2) is 5.43 Å². The number of rotatable bonds is 7. The summed E-state index contributed by atoms with van der Waals surface area (Å²) >= 11 is 5.80. The zero-order chi connectivity index (χ0) is 18.4. The summed E-state index contributed by atoms with van der Waals surface area (Å²) in [7, 11) is 0. The van der Waals surface area contributed by atoms with Crippen molar-refractivity contribution in [2.24, 2.45) is 11.0 Å². The molecule has 0 fully saturated rings. The highest BCUT2D eigenvalue weighted by atomic mass is 35.5. The monoisotopic (exact) mass is 361 g/mol. The summed E-state index contributed by atoms with van der Waals surface area (Å²) in [6.45, 7) is 9.37. The molecule has 5 nitrogen and oxygen atoms in total. The van der Waals surface area contributed by atoms with Crippen LogP contribution in [0.25, 0.3) is 0 Å². The van der Waals surface area contributed by atoms with Crippen LogP contribution in [-0.2, 0) is 11.3 Å². The van der Waals surface area contributed by atoms with E-state index in [0.29, 0.717) is 16.7 Å². The first kappa shape index (κ1) is 19.1. The zero-order valence-electron chi connectivity index (χ0n) is 15.0. The van der Waals surface area contributed by atoms with E-state index < -0.39 is 0 Å². The first-order valence-corrected chi connectivity index (χ1v) is 8.61. The summed E-state index contributed by atoms with van der Waals surface area (Å²) in [6.07, 6.45) is 1.67. The first-order chi connectivity index (χ1) is 11.9. The van der Waals surface area contributed by atoms with Gasteiger partial charge in [0.15, 0.2) is 6.61 Å². The van der Waals surface area contributed by atoms with Crippen molar-refractivity contribution in [1.82, 2.24) is 9.99 Å². The SMILES string of the molecule is Cc1cc(/C=N/NC(=O)COc2ccc(Cl)cc2)c(C)n1CC(C)C. The molecule has 0 aliphatic carbocycles. The molecular formula is C19H24ClN3O2. The molecule has 0 atom stereocenters. The minimum atomic E-state index is -0.317. The van der Waals surface area contributed by atoms with E-state index in [-0.39, 0.29) is 12.5 Å². The predicted octanol–water partition coefficient (Wildman–Crippen LogP) is 3.94. The Morgan fingerprint density at radius 3 is 2.64 bits per heavy atom. The van der Waals surface area contributed by atoms with Crippen molar-refractivity contribution >= 4 is 23.7 Å². The summed E-state index contributed by atoms with van der Waals surface area (Å²) < 4.78 is 7.63. The molecule has 2 aromatic rings. The molecule has 2 rings (SSSR count). The van der Waals surface area contributed by atoms with E-state index in [1.54, 1.807) is 30.5 Å². The Morgan fingerprint density at radius 1 is 1.32 bits per heavy atom.